The average Bonchev–Trinajstić information content (AvgIpc) is 2.57. The molecule has 0 spiro atoms. The van der Waals surface area contributed by atoms with Crippen molar-refractivity contribution in [2.75, 3.05) is 0 Å². The van der Waals surface area contributed by atoms with Gasteiger partial charge in [-0.25, -0.2) is 0 Å². The van der Waals surface area contributed by atoms with Gasteiger partial charge in [-0.2, -0.15) is 0 Å². The Bertz CT molecular complexity index is 668. The molecule has 2 aliphatic carbocycles. The summed E-state index contributed by atoms with van der Waals surface area (Å²) in [5, 5.41) is 7.25. The van der Waals surface area contributed by atoms with Gasteiger partial charge in [0, 0.05) is 62.8 Å². The summed E-state index contributed by atoms with van der Waals surface area (Å²) >= 11 is 11.5. The van der Waals surface area contributed by atoms with Crippen molar-refractivity contribution in [1.29, 1.82) is 0 Å². The Morgan fingerprint density at radius 2 is 1.07 bits per heavy atom. The van der Waals surface area contributed by atoms with E-state index in [4.69, 9.17) is 23.2 Å². The van der Waals surface area contributed by atoms with Crippen molar-refractivity contribution in [3.05, 3.63) is 70.1 Å². The molecule has 2 rings (SSSR count). The molecule has 0 aliphatic heterocycles. The molecule has 0 amide bonds. The third kappa shape index (κ3) is 10.4. The van der Waals surface area contributed by atoms with Crippen molar-refractivity contribution in [3.63, 3.8) is 0 Å². The fourth-order valence-corrected chi connectivity index (χ4v) is 2.14. The second kappa shape index (κ2) is 12.8. The number of hydrogen-bond donors (Lipinski definition) is 2. The Kier molecular flexibility index (Phi) is 12.1. The second-order valence-corrected chi connectivity index (χ2v) is 7.17. The van der Waals surface area contributed by atoms with Gasteiger partial charge in [0.1, 0.15) is 0 Å². The maximum absolute atomic E-state index is 11.3. The van der Waals surface area contributed by atoms with Gasteiger partial charge in [-0.1, -0.05) is 23.2 Å². The van der Waals surface area contributed by atoms with Crippen LogP contribution in [0, 0.1) is 0 Å². The van der Waals surface area contributed by atoms with Gasteiger partial charge in [0.15, 0.2) is 11.6 Å². The third-order valence-electron chi connectivity index (χ3n) is 3.09. The summed E-state index contributed by atoms with van der Waals surface area (Å²) < 4.78 is 0. The van der Waals surface area contributed by atoms with Gasteiger partial charge in [-0.3, -0.25) is 9.59 Å². The van der Waals surface area contributed by atoms with E-state index in [1.807, 2.05) is 27.7 Å². The van der Waals surface area contributed by atoms with Gasteiger partial charge in [0.25, 0.3) is 0 Å². The standard InChI is InChI=1S/2C10H12ClNO.Cu/c2*1-7(2)12-6-8-5-9(11)3-4-10(8)13;/h2*3-7,12H,1-2H3;. The van der Waals surface area contributed by atoms with Gasteiger partial charge in [0.05, 0.1) is 0 Å². The zero-order chi connectivity index (χ0) is 19.7. The van der Waals surface area contributed by atoms with Crippen LogP contribution < -0.4 is 10.6 Å². The molecular weight excluding hydrogens is 435 g/mol. The summed E-state index contributed by atoms with van der Waals surface area (Å²) in [6.45, 7) is 8.02. The quantitative estimate of drug-likeness (QED) is 0.488. The van der Waals surface area contributed by atoms with Crippen molar-refractivity contribution < 1.29 is 26.7 Å². The largest absolute Gasteiger partial charge is 0.388 e. The molecule has 0 atom stereocenters. The van der Waals surface area contributed by atoms with Crippen LogP contribution in [0.5, 0.6) is 0 Å². The molecule has 1 radical (unpaired) electrons. The molecule has 0 aromatic heterocycles. The average molecular weight is 459 g/mol. The van der Waals surface area contributed by atoms with Crippen LogP contribution in [0.3, 0.4) is 0 Å². The topological polar surface area (TPSA) is 58.2 Å². The summed E-state index contributed by atoms with van der Waals surface area (Å²) in [6, 6.07) is 0.636. The Labute approximate surface area is 181 Å². The molecular formula is C20H24Cl2CuN2O2. The first-order valence-corrected chi connectivity index (χ1v) is 9.06. The number of hydrogen-bond acceptors (Lipinski definition) is 4. The monoisotopic (exact) mass is 457 g/mol. The smallest absolute Gasteiger partial charge is 0.187 e. The number of carbonyl (C=O) groups is 2. The van der Waals surface area contributed by atoms with Crippen LogP contribution in [-0.2, 0) is 26.7 Å². The predicted octanol–water partition coefficient (Wildman–Crippen LogP) is 4.26. The number of ketones is 2. The first-order valence-electron chi connectivity index (χ1n) is 8.30. The number of rotatable bonds is 4. The Balaban J connectivity index is 0.000000483. The Morgan fingerprint density at radius 1 is 0.741 bits per heavy atom. The van der Waals surface area contributed by atoms with E-state index in [1.165, 1.54) is 12.2 Å². The second-order valence-electron chi connectivity index (χ2n) is 6.30. The Hall–Kier alpha value is -1.52. The van der Waals surface area contributed by atoms with E-state index in [1.54, 1.807) is 36.7 Å². The summed E-state index contributed by atoms with van der Waals surface area (Å²) in [7, 11) is 0. The van der Waals surface area contributed by atoms with E-state index in [0.717, 1.165) is 0 Å². The van der Waals surface area contributed by atoms with E-state index in [0.29, 0.717) is 33.3 Å². The first-order chi connectivity index (χ1) is 12.2. The molecule has 0 saturated heterocycles. The number of nitrogens with one attached hydrogen (secondary N) is 2. The molecule has 0 aromatic rings. The van der Waals surface area contributed by atoms with Crippen LogP contribution in [0.25, 0.3) is 0 Å². The normalized spacial score (nSPS) is 18.8. The molecule has 0 saturated carbocycles. The molecule has 2 aliphatic rings. The zero-order valence-corrected chi connectivity index (χ0v) is 18.1. The van der Waals surface area contributed by atoms with E-state index in [2.05, 4.69) is 10.6 Å². The molecule has 2 N–H and O–H groups in total. The predicted molar refractivity (Wildman–Crippen MR) is 109 cm³/mol. The van der Waals surface area contributed by atoms with Gasteiger partial charge in [-0.15, -0.1) is 0 Å². The molecule has 0 unspecified atom stereocenters. The summed E-state index contributed by atoms with van der Waals surface area (Å²) in [5.74, 6) is -0.0323. The number of allylic oxidation sites excluding steroid dienone is 10. The van der Waals surface area contributed by atoms with Crippen LogP contribution in [0.4, 0.5) is 0 Å². The number of carbonyl (C=O) groups excluding carboxylic acids is 2. The Morgan fingerprint density at radius 3 is 1.37 bits per heavy atom. The van der Waals surface area contributed by atoms with Gasteiger partial charge in [-0.05, 0) is 64.2 Å². The minimum Gasteiger partial charge on any atom is -0.388 e. The maximum Gasteiger partial charge on any atom is 0.187 e. The van der Waals surface area contributed by atoms with Crippen LogP contribution in [0.15, 0.2) is 70.1 Å². The van der Waals surface area contributed by atoms with Crippen LogP contribution >= 0.6 is 23.2 Å². The molecule has 0 fully saturated rings. The van der Waals surface area contributed by atoms with E-state index < -0.39 is 0 Å². The molecule has 0 heterocycles. The fraction of sp³-hybridized carbons (Fsp3) is 0.300. The molecule has 0 bridgehead atoms. The van der Waals surface area contributed by atoms with Gasteiger partial charge in [0.2, 0.25) is 0 Å². The summed E-state index contributed by atoms with van der Waals surface area (Å²) in [6.07, 6.45) is 12.8. The van der Waals surface area contributed by atoms with Crippen LogP contribution in [0.2, 0.25) is 0 Å². The minimum absolute atomic E-state index is 0. The SMILES string of the molecule is CC(C)NC=C1C=C(Cl)C=CC1=O.CC(C)NC=C1C=C(Cl)C=CC1=O.[Cu]. The van der Waals surface area contributed by atoms with E-state index >= 15 is 0 Å². The molecule has 7 heteroatoms. The van der Waals surface area contributed by atoms with Crippen molar-refractivity contribution >= 4 is 34.8 Å². The van der Waals surface area contributed by atoms with Crippen molar-refractivity contribution in [1.82, 2.24) is 10.6 Å². The van der Waals surface area contributed by atoms with Gasteiger partial charge >= 0.3 is 0 Å². The van der Waals surface area contributed by atoms with Crippen molar-refractivity contribution in [3.8, 4) is 0 Å². The zero-order valence-electron chi connectivity index (χ0n) is 15.6. The van der Waals surface area contributed by atoms with Crippen LogP contribution in [0.1, 0.15) is 27.7 Å². The molecule has 27 heavy (non-hydrogen) atoms. The van der Waals surface area contributed by atoms with E-state index in [-0.39, 0.29) is 28.6 Å². The van der Waals surface area contributed by atoms with Crippen molar-refractivity contribution in [2.24, 2.45) is 0 Å². The minimum atomic E-state index is -0.0162. The first kappa shape index (κ1) is 25.5. The third-order valence-corrected chi connectivity index (χ3v) is 3.56. The molecule has 151 valence electrons. The number of halogens is 2. The summed E-state index contributed by atoms with van der Waals surface area (Å²) in [5.41, 5.74) is 1.20. The summed E-state index contributed by atoms with van der Waals surface area (Å²) in [4.78, 5) is 22.5. The molecule has 4 nitrogen and oxygen atoms in total. The van der Waals surface area contributed by atoms with Crippen molar-refractivity contribution in [2.45, 2.75) is 39.8 Å². The molecule has 0 aromatic carbocycles. The van der Waals surface area contributed by atoms with E-state index in [9.17, 15) is 9.59 Å². The van der Waals surface area contributed by atoms with Gasteiger partial charge < -0.3 is 10.6 Å². The van der Waals surface area contributed by atoms with Crippen LogP contribution in [-0.4, -0.2) is 23.7 Å². The maximum atomic E-state index is 11.3. The fourth-order valence-electron chi connectivity index (χ4n) is 1.78.